The first-order chi connectivity index (χ1) is 16.6. The van der Waals surface area contributed by atoms with Crippen molar-refractivity contribution >= 4 is 40.0 Å². The highest BCUT2D eigenvalue weighted by atomic mass is 35.5. The zero-order valence-electron chi connectivity index (χ0n) is 18.1. The molecule has 0 saturated heterocycles. The Labute approximate surface area is 199 Å². The van der Waals surface area contributed by atoms with E-state index in [0.717, 1.165) is 18.8 Å². The summed E-state index contributed by atoms with van der Waals surface area (Å²) >= 11 is 6.39. The van der Waals surface area contributed by atoms with E-state index in [4.69, 9.17) is 11.6 Å². The van der Waals surface area contributed by atoms with Crippen molar-refractivity contribution in [2.45, 2.75) is 24.8 Å². The fraction of sp³-hybridized carbons (Fsp3) is 0.200. The van der Waals surface area contributed by atoms with E-state index in [0.29, 0.717) is 38.9 Å². The number of hydrogen-bond acceptors (Lipinski definition) is 6. The maximum absolute atomic E-state index is 13.4. The van der Waals surface area contributed by atoms with Gasteiger partial charge in [0.05, 0.1) is 10.7 Å². The molecule has 7 rings (SSSR count). The molecule has 4 heterocycles. The molecule has 5 aromatic rings. The van der Waals surface area contributed by atoms with E-state index < -0.39 is 0 Å². The second-order valence-corrected chi connectivity index (χ2v) is 9.41. The van der Waals surface area contributed by atoms with E-state index in [2.05, 4.69) is 43.8 Å². The fourth-order valence-corrected chi connectivity index (χ4v) is 5.27. The molecule has 0 atom stereocenters. The Kier molecular flexibility index (Phi) is 4.13. The van der Waals surface area contributed by atoms with Gasteiger partial charge in [-0.3, -0.25) is 9.20 Å². The number of aromatic nitrogens is 5. The van der Waals surface area contributed by atoms with E-state index in [9.17, 15) is 4.79 Å². The summed E-state index contributed by atoms with van der Waals surface area (Å²) < 4.78 is 3.27. The van der Waals surface area contributed by atoms with Crippen LogP contribution >= 0.6 is 11.6 Å². The Balaban J connectivity index is 1.33. The van der Waals surface area contributed by atoms with Gasteiger partial charge in [-0.05, 0) is 48.2 Å². The normalized spacial score (nSPS) is 16.1. The van der Waals surface area contributed by atoms with Gasteiger partial charge >= 0.3 is 0 Å². The summed E-state index contributed by atoms with van der Waals surface area (Å²) in [5.74, 6) is 0.854. The molecule has 1 aliphatic heterocycles. The average molecular weight is 470 g/mol. The van der Waals surface area contributed by atoms with Crippen molar-refractivity contribution in [3.8, 4) is 5.69 Å². The minimum Gasteiger partial charge on any atom is -0.324 e. The number of rotatable bonds is 3. The number of halogens is 1. The highest BCUT2D eigenvalue weighted by Crippen LogP contribution is 2.50. The van der Waals surface area contributed by atoms with E-state index in [-0.39, 0.29) is 5.56 Å². The van der Waals surface area contributed by atoms with Gasteiger partial charge < -0.3 is 10.6 Å². The zero-order valence-corrected chi connectivity index (χ0v) is 18.9. The molecule has 1 fully saturated rings. The quantitative estimate of drug-likeness (QED) is 0.416. The predicted molar refractivity (Wildman–Crippen MR) is 131 cm³/mol. The second kappa shape index (κ2) is 7.12. The molecule has 34 heavy (non-hydrogen) atoms. The first-order valence-corrected chi connectivity index (χ1v) is 11.6. The molecule has 2 N–H and O–H groups in total. The minimum absolute atomic E-state index is 0.275. The Morgan fingerprint density at radius 1 is 1.12 bits per heavy atom. The molecule has 0 radical (unpaired) electrons. The lowest BCUT2D eigenvalue weighted by Crippen LogP contribution is -2.33. The third kappa shape index (κ3) is 2.89. The lowest BCUT2D eigenvalue weighted by molar-refractivity contribution is 0.531. The Hall–Kier alpha value is -3.75. The summed E-state index contributed by atoms with van der Waals surface area (Å²) in [7, 11) is 0. The predicted octanol–water partition coefficient (Wildman–Crippen LogP) is 3.96. The maximum Gasteiger partial charge on any atom is 0.270 e. The summed E-state index contributed by atoms with van der Waals surface area (Å²) in [6, 6.07) is 13.7. The van der Waals surface area contributed by atoms with Crippen LogP contribution in [0, 0.1) is 0 Å². The third-order valence-electron chi connectivity index (χ3n) is 6.91. The van der Waals surface area contributed by atoms with Crippen molar-refractivity contribution in [2.24, 2.45) is 0 Å². The molecule has 0 unspecified atom stereocenters. The Bertz CT molecular complexity index is 1670. The SMILES string of the molecule is O=c1c2cnc(Nc3ccc4c(c3)CNCC43CC3)nc2n2ccnc2n1-c1ccccc1Cl. The monoisotopic (exact) mass is 469 g/mol. The topological polar surface area (TPSA) is 89.1 Å². The average Bonchev–Trinajstić information content (AvgIpc) is 3.44. The maximum atomic E-state index is 13.4. The largest absolute Gasteiger partial charge is 0.324 e. The highest BCUT2D eigenvalue weighted by molar-refractivity contribution is 6.32. The Morgan fingerprint density at radius 2 is 2.00 bits per heavy atom. The number of hydrogen-bond donors (Lipinski definition) is 2. The van der Waals surface area contributed by atoms with Crippen LogP contribution in [-0.4, -0.2) is 30.5 Å². The minimum atomic E-state index is -0.275. The summed E-state index contributed by atoms with van der Waals surface area (Å²) in [4.78, 5) is 27.0. The van der Waals surface area contributed by atoms with Gasteiger partial charge in [-0.15, -0.1) is 0 Å². The van der Waals surface area contributed by atoms with Crippen LogP contribution < -0.4 is 16.2 Å². The van der Waals surface area contributed by atoms with Crippen LogP contribution in [0.5, 0.6) is 0 Å². The van der Waals surface area contributed by atoms with E-state index in [1.807, 2.05) is 12.1 Å². The van der Waals surface area contributed by atoms with Crippen LogP contribution in [0.2, 0.25) is 5.02 Å². The first kappa shape index (κ1) is 19.7. The molecule has 2 aromatic carbocycles. The summed E-state index contributed by atoms with van der Waals surface area (Å²) in [6.07, 6.45) is 7.47. The summed E-state index contributed by atoms with van der Waals surface area (Å²) in [5.41, 5.74) is 4.79. The standard InChI is InChI=1S/C25H20ClN7O/c26-19-3-1-2-4-20(19)33-22(34)17-13-29-23(31-21(17)32-10-9-28-24(32)33)30-16-5-6-18-15(11-16)12-27-14-25(18)7-8-25/h1-6,9-11,13,27H,7-8,12,14H2,(H,29,30,31). The van der Waals surface area contributed by atoms with Crippen LogP contribution in [0.1, 0.15) is 24.0 Å². The highest BCUT2D eigenvalue weighted by Gasteiger charge is 2.46. The van der Waals surface area contributed by atoms with Crippen molar-refractivity contribution in [3.05, 3.63) is 87.6 Å². The fourth-order valence-electron chi connectivity index (χ4n) is 5.05. The number of nitrogens with zero attached hydrogens (tertiary/aromatic N) is 5. The van der Waals surface area contributed by atoms with Gasteiger partial charge in [0.1, 0.15) is 5.39 Å². The van der Waals surface area contributed by atoms with Gasteiger partial charge in [0.15, 0.2) is 5.65 Å². The van der Waals surface area contributed by atoms with Crippen molar-refractivity contribution in [1.82, 2.24) is 29.2 Å². The van der Waals surface area contributed by atoms with Gasteiger partial charge in [-0.2, -0.15) is 4.98 Å². The van der Waals surface area contributed by atoms with Crippen LogP contribution in [-0.2, 0) is 12.0 Å². The third-order valence-corrected chi connectivity index (χ3v) is 7.23. The molecule has 1 spiro atoms. The van der Waals surface area contributed by atoms with Crippen molar-refractivity contribution in [2.75, 3.05) is 11.9 Å². The van der Waals surface area contributed by atoms with E-state index in [1.165, 1.54) is 28.5 Å². The summed E-state index contributed by atoms with van der Waals surface area (Å²) in [6.45, 7) is 1.93. The lowest BCUT2D eigenvalue weighted by atomic mass is 9.88. The van der Waals surface area contributed by atoms with Crippen LogP contribution in [0.25, 0.3) is 22.5 Å². The Morgan fingerprint density at radius 3 is 2.85 bits per heavy atom. The van der Waals surface area contributed by atoms with Crippen molar-refractivity contribution < 1.29 is 0 Å². The molecule has 1 aliphatic carbocycles. The van der Waals surface area contributed by atoms with Gasteiger partial charge in [0.25, 0.3) is 5.56 Å². The molecular weight excluding hydrogens is 450 g/mol. The molecule has 2 aliphatic rings. The lowest BCUT2D eigenvalue weighted by Gasteiger charge is -2.26. The number of benzene rings is 2. The van der Waals surface area contributed by atoms with Crippen LogP contribution in [0.15, 0.2) is 65.8 Å². The molecule has 9 heteroatoms. The van der Waals surface area contributed by atoms with Crippen LogP contribution in [0.4, 0.5) is 11.6 Å². The number of para-hydroxylation sites is 1. The van der Waals surface area contributed by atoms with Gasteiger partial charge in [-0.1, -0.05) is 29.8 Å². The molecule has 0 amide bonds. The van der Waals surface area contributed by atoms with Crippen molar-refractivity contribution in [1.29, 1.82) is 0 Å². The molecule has 168 valence electrons. The first-order valence-electron chi connectivity index (χ1n) is 11.2. The summed E-state index contributed by atoms with van der Waals surface area (Å²) in [5, 5.41) is 7.69. The van der Waals surface area contributed by atoms with Gasteiger partial charge in [-0.25, -0.2) is 14.5 Å². The molecule has 1 saturated carbocycles. The number of imidazole rings is 1. The van der Waals surface area contributed by atoms with Crippen LogP contribution in [0.3, 0.4) is 0 Å². The number of nitrogens with one attached hydrogen (secondary N) is 2. The van der Waals surface area contributed by atoms with E-state index >= 15 is 0 Å². The number of fused-ring (bicyclic) bond motifs is 5. The number of anilines is 2. The van der Waals surface area contributed by atoms with Gasteiger partial charge in [0.2, 0.25) is 11.7 Å². The van der Waals surface area contributed by atoms with Crippen molar-refractivity contribution in [3.63, 3.8) is 0 Å². The molecule has 0 bridgehead atoms. The second-order valence-electron chi connectivity index (χ2n) is 9.00. The molecule has 3 aromatic heterocycles. The molecule has 8 nitrogen and oxygen atoms in total. The van der Waals surface area contributed by atoms with E-state index in [1.54, 1.807) is 35.1 Å². The van der Waals surface area contributed by atoms with Gasteiger partial charge in [0, 0.05) is 42.8 Å². The molecular formula is C25H20ClN7O. The zero-order chi connectivity index (χ0) is 22.9. The smallest absolute Gasteiger partial charge is 0.270 e.